The van der Waals surface area contributed by atoms with Crippen LogP contribution >= 0.6 is 11.5 Å². The number of aryl methyl sites for hydroxylation is 1. The minimum absolute atomic E-state index is 0.000544. The summed E-state index contributed by atoms with van der Waals surface area (Å²) in [6, 6.07) is 8.94. The van der Waals surface area contributed by atoms with Crippen LogP contribution in [0.4, 0.5) is 31.1 Å². The maximum absolute atomic E-state index is 13.7. The van der Waals surface area contributed by atoms with Crippen LogP contribution in [0.3, 0.4) is 0 Å². The first-order chi connectivity index (χ1) is 23.1. The zero-order chi connectivity index (χ0) is 35.1. The van der Waals surface area contributed by atoms with Crippen LogP contribution < -0.4 is 0 Å². The first-order valence-electron chi connectivity index (χ1n) is 15.9. The van der Waals surface area contributed by atoms with Gasteiger partial charge in [0.15, 0.2) is 0 Å². The van der Waals surface area contributed by atoms with E-state index in [2.05, 4.69) is 9.59 Å². The monoisotopic (exact) mass is 709 g/mol. The number of hydrogen-bond acceptors (Lipinski definition) is 7. The third-order valence-corrected chi connectivity index (χ3v) is 10.5. The Morgan fingerprint density at radius 3 is 2.12 bits per heavy atom. The van der Waals surface area contributed by atoms with Crippen molar-refractivity contribution in [2.75, 3.05) is 26.2 Å². The molecule has 16 heteroatoms. The summed E-state index contributed by atoms with van der Waals surface area (Å²) in [5, 5.41) is 3.90. The molecule has 3 aliphatic heterocycles. The van der Waals surface area contributed by atoms with Gasteiger partial charge in [-0.05, 0) is 61.5 Å². The number of carbonyl (C=O) groups is 3. The number of carbonyl (C=O) groups excluding carboxylic acids is 3. The second kappa shape index (κ2) is 13.2. The van der Waals surface area contributed by atoms with Crippen LogP contribution in [0.2, 0.25) is 0 Å². The Morgan fingerprint density at radius 2 is 1.55 bits per heavy atom. The Bertz CT molecular complexity index is 1670. The van der Waals surface area contributed by atoms with Gasteiger partial charge in [0.05, 0.1) is 16.8 Å². The number of benzene rings is 2. The molecule has 3 fully saturated rings. The molecule has 1 unspecified atom stereocenters. The van der Waals surface area contributed by atoms with Gasteiger partial charge in [0.2, 0.25) is 0 Å². The molecule has 0 radical (unpaired) electrons. The molecule has 2 aromatic carbocycles. The van der Waals surface area contributed by atoms with Gasteiger partial charge in [0, 0.05) is 63.1 Å². The molecule has 1 spiro atoms. The standard InChI is InChI=1S/C33H33F6N5O4S/c1-20-27(49-41-40-20)29(46)42-12-8-31(9-13-42)10-14-44(30(47)48-31)25-7-11-43(26(19-25)15-21-5-3-2-4-6-21)28(45)22-16-23(32(34,35)36)18-24(17-22)33(37,38)39/h2-6,16-18,25-26H,7-15,19H2,1H3/t25?,26-/m1/s1. The van der Waals surface area contributed by atoms with E-state index >= 15 is 0 Å². The van der Waals surface area contributed by atoms with E-state index in [0.29, 0.717) is 61.6 Å². The Hall–Kier alpha value is -4.21. The summed E-state index contributed by atoms with van der Waals surface area (Å²) in [5.74, 6) is -1.10. The lowest BCUT2D eigenvalue weighted by molar-refractivity contribution is -0.143. The molecular formula is C33H33F6N5O4S. The molecule has 49 heavy (non-hydrogen) atoms. The molecule has 0 aliphatic carbocycles. The SMILES string of the molecule is Cc1nnsc1C(=O)N1CCC2(CC1)CCN(C1CCN(C(=O)c3cc(C(F)(F)F)cc(C(F)(F)F)c3)[C@H](Cc3ccccc3)C1)C(=O)O2. The Morgan fingerprint density at radius 1 is 0.918 bits per heavy atom. The van der Waals surface area contributed by atoms with Crippen molar-refractivity contribution in [2.45, 2.75) is 75.5 Å². The maximum Gasteiger partial charge on any atom is 0.416 e. The number of likely N-dealkylation sites (tertiary alicyclic amines) is 2. The molecule has 3 aromatic rings. The van der Waals surface area contributed by atoms with E-state index < -0.39 is 52.7 Å². The van der Waals surface area contributed by atoms with Crippen molar-refractivity contribution in [1.82, 2.24) is 24.3 Å². The van der Waals surface area contributed by atoms with Gasteiger partial charge in [-0.3, -0.25) is 9.59 Å². The van der Waals surface area contributed by atoms with Crippen LogP contribution in [-0.4, -0.2) is 86.1 Å². The molecule has 4 heterocycles. The molecule has 0 saturated carbocycles. The van der Waals surface area contributed by atoms with E-state index in [1.165, 1.54) is 4.90 Å². The first-order valence-corrected chi connectivity index (χ1v) is 16.6. The third kappa shape index (κ3) is 7.38. The summed E-state index contributed by atoms with van der Waals surface area (Å²) < 4.78 is 91.5. The molecule has 262 valence electrons. The van der Waals surface area contributed by atoms with E-state index in [-0.39, 0.29) is 43.8 Å². The van der Waals surface area contributed by atoms with Gasteiger partial charge >= 0.3 is 18.4 Å². The lowest BCUT2D eigenvalue weighted by atomic mass is 9.85. The maximum atomic E-state index is 13.7. The van der Waals surface area contributed by atoms with Crippen molar-refractivity contribution in [3.05, 3.63) is 81.4 Å². The van der Waals surface area contributed by atoms with Crippen molar-refractivity contribution >= 4 is 29.4 Å². The summed E-state index contributed by atoms with van der Waals surface area (Å²) in [5.41, 5.74) is -3.17. The van der Waals surface area contributed by atoms with E-state index in [1.807, 2.05) is 12.1 Å². The number of halogens is 6. The van der Waals surface area contributed by atoms with E-state index in [1.54, 1.807) is 34.9 Å². The van der Waals surface area contributed by atoms with Crippen molar-refractivity contribution in [2.24, 2.45) is 0 Å². The predicted molar refractivity (Wildman–Crippen MR) is 165 cm³/mol. The van der Waals surface area contributed by atoms with Crippen molar-refractivity contribution < 1.29 is 45.5 Å². The normalized spacial score (nSPS) is 21.5. The highest BCUT2D eigenvalue weighted by Crippen LogP contribution is 2.39. The average molecular weight is 710 g/mol. The quantitative estimate of drug-likeness (QED) is 0.277. The topological polar surface area (TPSA) is 95.9 Å². The first kappa shape index (κ1) is 34.6. The van der Waals surface area contributed by atoms with Gasteiger partial charge < -0.3 is 19.4 Å². The van der Waals surface area contributed by atoms with Crippen LogP contribution in [0, 0.1) is 6.92 Å². The number of aromatic nitrogens is 2. The summed E-state index contributed by atoms with van der Waals surface area (Å²) in [6.07, 6.45) is -8.48. The van der Waals surface area contributed by atoms with Crippen LogP contribution in [0.5, 0.6) is 0 Å². The second-order valence-electron chi connectivity index (χ2n) is 12.8. The summed E-state index contributed by atoms with van der Waals surface area (Å²) in [6.45, 7) is 2.89. The molecule has 3 saturated heterocycles. The van der Waals surface area contributed by atoms with E-state index in [0.717, 1.165) is 17.1 Å². The van der Waals surface area contributed by atoms with Gasteiger partial charge in [-0.1, -0.05) is 34.8 Å². The zero-order valence-electron chi connectivity index (χ0n) is 26.4. The number of alkyl halides is 6. The van der Waals surface area contributed by atoms with Gasteiger partial charge in [0.25, 0.3) is 11.8 Å². The number of nitrogens with zero attached hydrogens (tertiary/aromatic N) is 5. The van der Waals surface area contributed by atoms with Crippen molar-refractivity contribution in [1.29, 1.82) is 0 Å². The highest BCUT2D eigenvalue weighted by Gasteiger charge is 2.47. The van der Waals surface area contributed by atoms with Crippen LogP contribution in [0.25, 0.3) is 0 Å². The molecule has 3 aliphatic rings. The predicted octanol–water partition coefficient (Wildman–Crippen LogP) is 6.62. The molecule has 0 N–H and O–H groups in total. The van der Waals surface area contributed by atoms with Crippen LogP contribution in [0.15, 0.2) is 48.5 Å². The Kier molecular flexibility index (Phi) is 9.37. The average Bonchev–Trinajstić information content (AvgIpc) is 3.49. The Labute approximate surface area is 282 Å². The lowest BCUT2D eigenvalue weighted by Crippen LogP contribution is -2.60. The second-order valence-corrected chi connectivity index (χ2v) is 13.5. The summed E-state index contributed by atoms with van der Waals surface area (Å²) >= 11 is 1.04. The number of hydrogen-bond donors (Lipinski definition) is 0. The Balaban J connectivity index is 1.17. The molecule has 6 rings (SSSR count). The molecule has 9 nitrogen and oxygen atoms in total. The number of amides is 3. The van der Waals surface area contributed by atoms with Gasteiger partial charge in [-0.15, -0.1) is 5.10 Å². The van der Waals surface area contributed by atoms with Gasteiger partial charge in [-0.25, -0.2) is 4.79 Å². The third-order valence-electron chi connectivity index (χ3n) is 9.69. The lowest BCUT2D eigenvalue weighted by Gasteiger charge is -2.49. The molecular weight excluding hydrogens is 676 g/mol. The molecule has 1 aromatic heterocycles. The van der Waals surface area contributed by atoms with Crippen LogP contribution in [0.1, 0.15) is 74.5 Å². The number of rotatable bonds is 5. The van der Waals surface area contributed by atoms with Crippen molar-refractivity contribution in [3.63, 3.8) is 0 Å². The van der Waals surface area contributed by atoms with Crippen LogP contribution in [-0.2, 0) is 23.5 Å². The minimum Gasteiger partial charge on any atom is -0.443 e. The largest absolute Gasteiger partial charge is 0.443 e. The smallest absolute Gasteiger partial charge is 0.416 e. The number of ether oxygens (including phenoxy) is 1. The van der Waals surface area contributed by atoms with E-state index in [9.17, 15) is 40.7 Å². The van der Waals surface area contributed by atoms with E-state index in [4.69, 9.17) is 4.74 Å². The zero-order valence-corrected chi connectivity index (χ0v) is 27.2. The minimum atomic E-state index is -5.09. The van der Waals surface area contributed by atoms with Gasteiger partial charge in [-0.2, -0.15) is 26.3 Å². The fraction of sp³-hybridized carbons (Fsp3) is 0.485. The fourth-order valence-corrected chi connectivity index (χ4v) is 7.61. The highest BCUT2D eigenvalue weighted by molar-refractivity contribution is 7.07. The van der Waals surface area contributed by atoms with Crippen molar-refractivity contribution in [3.8, 4) is 0 Å². The molecule has 2 atom stereocenters. The number of piperidine rings is 2. The fourth-order valence-electron chi connectivity index (χ4n) is 6.99. The van der Waals surface area contributed by atoms with Gasteiger partial charge in [0.1, 0.15) is 10.5 Å². The highest BCUT2D eigenvalue weighted by atomic mass is 32.1. The molecule has 0 bridgehead atoms. The summed E-state index contributed by atoms with van der Waals surface area (Å²) in [4.78, 5) is 45.3. The summed E-state index contributed by atoms with van der Waals surface area (Å²) in [7, 11) is 0. The molecule has 3 amide bonds.